The number of hydrogen-bond acceptors (Lipinski definition) is 4. The number of hydrogen-bond donors (Lipinski definition) is 1. The second kappa shape index (κ2) is 6.82. The van der Waals surface area contributed by atoms with Crippen LogP contribution < -0.4 is 14.8 Å². The zero-order valence-electron chi connectivity index (χ0n) is 14.7. The van der Waals surface area contributed by atoms with Crippen LogP contribution in [0.1, 0.15) is 21.7 Å². The fourth-order valence-electron chi connectivity index (χ4n) is 2.70. The lowest BCUT2D eigenvalue weighted by Gasteiger charge is -2.12. The van der Waals surface area contributed by atoms with Crippen LogP contribution in [0.5, 0.6) is 11.5 Å². The molecule has 0 atom stereocenters. The summed E-state index contributed by atoms with van der Waals surface area (Å²) in [7, 11) is 2.91. The molecule has 2 heterocycles. The summed E-state index contributed by atoms with van der Waals surface area (Å²) in [4.78, 5) is 16.9. The quantitative estimate of drug-likeness (QED) is 0.746. The molecular formula is C18H16F3N3O3. The van der Waals surface area contributed by atoms with Crippen LogP contribution in [-0.2, 0) is 6.18 Å². The zero-order valence-corrected chi connectivity index (χ0v) is 14.7. The van der Waals surface area contributed by atoms with E-state index in [9.17, 15) is 18.0 Å². The summed E-state index contributed by atoms with van der Waals surface area (Å²) in [5.74, 6) is 0.248. The van der Waals surface area contributed by atoms with E-state index in [2.05, 4.69) is 10.3 Å². The van der Waals surface area contributed by atoms with Crippen molar-refractivity contribution in [3.8, 4) is 11.5 Å². The van der Waals surface area contributed by atoms with Gasteiger partial charge in [0.2, 0.25) is 0 Å². The smallest absolute Gasteiger partial charge is 0.417 e. The van der Waals surface area contributed by atoms with Crippen molar-refractivity contribution in [1.82, 2.24) is 9.38 Å². The van der Waals surface area contributed by atoms with Crippen molar-refractivity contribution in [3.05, 3.63) is 53.5 Å². The Morgan fingerprint density at radius 3 is 2.52 bits per heavy atom. The number of pyridine rings is 1. The van der Waals surface area contributed by atoms with Crippen LogP contribution in [0.2, 0.25) is 0 Å². The first-order valence-electron chi connectivity index (χ1n) is 7.84. The van der Waals surface area contributed by atoms with Crippen molar-refractivity contribution >= 4 is 17.2 Å². The molecule has 142 valence electrons. The number of amides is 1. The van der Waals surface area contributed by atoms with Gasteiger partial charge in [0.05, 0.1) is 31.2 Å². The lowest BCUT2D eigenvalue weighted by Crippen LogP contribution is -2.17. The molecule has 0 fully saturated rings. The van der Waals surface area contributed by atoms with Gasteiger partial charge in [-0.2, -0.15) is 13.2 Å². The molecule has 3 aromatic rings. The summed E-state index contributed by atoms with van der Waals surface area (Å²) in [6.45, 7) is 1.55. The van der Waals surface area contributed by atoms with Gasteiger partial charge in [-0.05, 0) is 31.2 Å². The summed E-state index contributed by atoms with van der Waals surface area (Å²) in [5, 5.41) is 2.64. The van der Waals surface area contributed by atoms with Gasteiger partial charge in [-0.3, -0.25) is 9.20 Å². The Morgan fingerprint density at radius 1 is 1.15 bits per heavy atom. The number of carbonyl (C=O) groups is 1. The minimum absolute atomic E-state index is 0.000901. The third-order valence-corrected chi connectivity index (χ3v) is 3.99. The first-order valence-corrected chi connectivity index (χ1v) is 7.84. The predicted octanol–water partition coefficient (Wildman–Crippen LogP) is 3.93. The zero-order chi connectivity index (χ0) is 19.8. The average Bonchev–Trinajstić information content (AvgIpc) is 2.95. The van der Waals surface area contributed by atoms with Crippen molar-refractivity contribution in [2.45, 2.75) is 13.1 Å². The first-order chi connectivity index (χ1) is 12.7. The highest BCUT2D eigenvalue weighted by Crippen LogP contribution is 2.31. The number of aryl methyl sites for hydroxylation is 1. The van der Waals surface area contributed by atoms with Gasteiger partial charge in [-0.25, -0.2) is 4.98 Å². The fraction of sp³-hybridized carbons (Fsp3) is 0.222. The van der Waals surface area contributed by atoms with Crippen molar-refractivity contribution in [3.63, 3.8) is 0 Å². The van der Waals surface area contributed by atoms with E-state index < -0.39 is 17.6 Å². The third-order valence-electron chi connectivity index (χ3n) is 3.99. The van der Waals surface area contributed by atoms with Crippen LogP contribution >= 0.6 is 0 Å². The Balaban J connectivity index is 2.05. The summed E-state index contributed by atoms with van der Waals surface area (Å²) in [6.07, 6.45) is -3.68. The highest BCUT2D eigenvalue weighted by atomic mass is 19.4. The van der Waals surface area contributed by atoms with E-state index in [1.54, 1.807) is 25.1 Å². The Labute approximate surface area is 152 Å². The van der Waals surface area contributed by atoms with Gasteiger partial charge < -0.3 is 14.8 Å². The van der Waals surface area contributed by atoms with Gasteiger partial charge >= 0.3 is 6.18 Å². The molecule has 3 rings (SSSR count). The maximum absolute atomic E-state index is 13.0. The van der Waals surface area contributed by atoms with Crippen LogP contribution in [-0.4, -0.2) is 29.5 Å². The number of anilines is 1. The molecular weight excluding hydrogens is 363 g/mol. The molecule has 0 radical (unpaired) electrons. The van der Waals surface area contributed by atoms with Gasteiger partial charge in [0.15, 0.2) is 0 Å². The molecule has 0 saturated carbocycles. The molecule has 0 aliphatic carbocycles. The Bertz CT molecular complexity index is 1010. The number of benzene rings is 1. The molecule has 0 aliphatic heterocycles. The second-order valence-corrected chi connectivity index (χ2v) is 5.71. The number of halogens is 3. The van der Waals surface area contributed by atoms with Crippen LogP contribution in [0.3, 0.4) is 0 Å². The largest absolute Gasteiger partial charge is 0.497 e. The number of rotatable bonds is 4. The lowest BCUT2D eigenvalue weighted by atomic mass is 10.2. The van der Waals surface area contributed by atoms with E-state index in [0.29, 0.717) is 22.9 Å². The highest BCUT2D eigenvalue weighted by Gasteiger charge is 2.31. The number of fused-ring (bicyclic) bond motifs is 1. The van der Waals surface area contributed by atoms with Crippen molar-refractivity contribution in [1.29, 1.82) is 0 Å². The Kier molecular flexibility index (Phi) is 4.69. The number of methoxy groups -OCH3 is 2. The number of nitrogens with one attached hydrogen (secondary N) is 1. The van der Waals surface area contributed by atoms with E-state index >= 15 is 0 Å². The number of ether oxygens (including phenoxy) is 2. The standard InChI is InChI=1S/C18H16F3N3O3/c1-10-16(24-9-11(18(19,20)21)4-7-15(24)22-10)17(25)23-13-8-12(26-2)5-6-14(13)27-3/h4-9H,1-3H3,(H,23,25). The molecule has 0 spiro atoms. The molecule has 1 aromatic carbocycles. The number of carbonyl (C=O) groups excluding carboxylic acids is 1. The van der Waals surface area contributed by atoms with Gasteiger partial charge in [0.1, 0.15) is 22.8 Å². The first kappa shape index (κ1) is 18.6. The molecule has 0 aliphatic rings. The van der Waals surface area contributed by atoms with Crippen LogP contribution in [0.15, 0.2) is 36.5 Å². The molecule has 2 aromatic heterocycles. The number of imidazole rings is 1. The molecule has 27 heavy (non-hydrogen) atoms. The molecule has 0 bridgehead atoms. The normalized spacial score (nSPS) is 11.5. The van der Waals surface area contributed by atoms with Crippen LogP contribution in [0.4, 0.5) is 18.9 Å². The molecule has 9 heteroatoms. The van der Waals surface area contributed by atoms with E-state index in [4.69, 9.17) is 9.47 Å². The summed E-state index contributed by atoms with van der Waals surface area (Å²) >= 11 is 0. The van der Waals surface area contributed by atoms with Crippen molar-refractivity contribution in [2.75, 3.05) is 19.5 Å². The Hall–Kier alpha value is -3.23. The van der Waals surface area contributed by atoms with E-state index in [1.807, 2.05) is 0 Å². The van der Waals surface area contributed by atoms with Gasteiger partial charge in [-0.15, -0.1) is 0 Å². The minimum Gasteiger partial charge on any atom is -0.497 e. The maximum atomic E-state index is 13.0. The molecule has 0 saturated heterocycles. The van der Waals surface area contributed by atoms with Gasteiger partial charge in [-0.1, -0.05) is 0 Å². The SMILES string of the molecule is COc1ccc(OC)c(NC(=O)c2c(C)nc3ccc(C(F)(F)F)cn23)c1. The molecule has 6 nitrogen and oxygen atoms in total. The fourth-order valence-corrected chi connectivity index (χ4v) is 2.70. The number of alkyl halides is 3. The minimum atomic E-state index is -4.53. The number of aromatic nitrogens is 2. The van der Waals surface area contributed by atoms with Crippen LogP contribution in [0.25, 0.3) is 5.65 Å². The highest BCUT2D eigenvalue weighted by molar-refractivity contribution is 6.05. The van der Waals surface area contributed by atoms with E-state index in [-0.39, 0.29) is 11.3 Å². The monoisotopic (exact) mass is 379 g/mol. The van der Waals surface area contributed by atoms with Crippen molar-refractivity contribution in [2.24, 2.45) is 0 Å². The molecule has 1 N–H and O–H groups in total. The Morgan fingerprint density at radius 2 is 1.89 bits per heavy atom. The lowest BCUT2D eigenvalue weighted by molar-refractivity contribution is -0.137. The topological polar surface area (TPSA) is 64.9 Å². The summed E-state index contributed by atoms with van der Waals surface area (Å²) in [6, 6.07) is 6.96. The van der Waals surface area contributed by atoms with E-state index in [0.717, 1.165) is 16.7 Å². The maximum Gasteiger partial charge on any atom is 0.417 e. The van der Waals surface area contributed by atoms with E-state index in [1.165, 1.54) is 20.3 Å². The molecule has 1 amide bonds. The summed E-state index contributed by atoms with van der Waals surface area (Å²) < 4.78 is 50.5. The van der Waals surface area contributed by atoms with Gasteiger partial charge in [0.25, 0.3) is 5.91 Å². The van der Waals surface area contributed by atoms with Crippen LogP contribution in [0, 0.1) is 6.92 Å². The predicted molar refractivity (Wildman–Crippen MR) is 92.4 cm³/mol. The summed E-state index contributed by atoms with van der Waals surface area (Å²) in [5.41, 5.74) is -0.0125. The number of nitrogens with zero attached hydrogens (tertiary/aromatic N) is 2. The third kappa shape index (κ3) is 3.53. The van der Waals surface area contributed by atoms with Gasteiger partial charge in [0, 0.05) is 12.3 Å². The van der Waals surface area contributed by atoms with Crippen molar-refractivity contribution < 1.29 is 27.4 Å². The average molecular weight is 379 g/mol. The second-order valence-electron chi connectivity index (χ2n) is 5.71. The molecule has 0 unspecified atom stereocenters.